The van der Waals surface area contributed by atoms with Gasteiger partial charge in [-0.25, -0.2) is 9.59 Å². The van der Waals surface area contributed by atoms with E-state index in [0.717, 1.165) is 15.4 Å². The Bertz CT molecular complexity index is 873. The topological polar surface area (TPSA) is 67.4 Å². The van der Waals surface area contributed by atoms with E-state index in [1.54, 1.807) is 25.6 Å². The van der Waals surface area contributed by atoms with Gasteiger partial charge < -0.3 is 15.4 Å². The zero-order valence-electron chi connectivity index (χ0n) is 15.5. The van der Waals surface area contributed by atoms with Crippen LogP contribution in [0.25, 0.3) is 0 Å². The van der Waals surface area contributed by atoms with E-state index in [4.69, 9.17) is 4.74 Å². The summed E-state index contributed by atoms with van der Waals surface area (Å²) in [5, 5.41) is 5.45. The van der Waals surface area contributed by atoms with Crippen LogP contribution in [0, 0.1) is 6.92 Å². The maximum absolute atomic E-state index is 12.4. The average molecular weight is 382 g/mol. The molecule has 1 aliphatic rings. The zero-order chi connectivity index (χ0) is 19.4. The summed E-state index contributed by atoms with van der Waals surface area (Å²) in [5.74, 6) is -0.425. The standard InChI is InChI=1S/C21H22N2O3S/c1-4-26-20(24)18-14(3)22-21(25)23-19(18)15-7-11-17(12-8-15)27-16-9-5-13(2)6-10-16/h5-12,19H,4H2,1-3H3,(H2,22,23,25). The fraction of sp³-hybridized carbons (Fsp3) is 0.238. The van der Waals surface area contributed by atoms with Crippen LogP contribution in [0.1, 0.15) is 31.0 Å². The first-order chi connectivity index (χ1) is 13.0. The van der Waals surface area contributed by atoms with Crippen molar-refractivity contribution < 1.29 is 14.3 Å². The molecule has 0 aliphatic carbocycles. The van der Waals surface area contributed by atoms with Gasteiger partial charge in [-0.2, -0.15) is 0 Å². The summed E-state index contributed by atoms with van der Waals surface area (Å²) >= 11 is 1.66. The van der Waals surface area contributed by atoms with Crippen LogP contribution in [-0.2, 0) is 9.53 Å². The number of esters is 1. The number of amides is 2. The van der Waals surface area contributed by atoms with E-state index >= 15 is 0 Å². The predicted molar refractivity (Wildman–Crippen MR) is 105 cm³/mol. The van der Waals surface area contributed by atoms with Crippen molar-refractivity contribution in [1.82, 2.24) is 10.6 Å². The lowest BCUT2D eigenvalue weighted by Crippen LogP contribution is -2.45. The molecule has 27 heavy (non-hydrogen) atoms. The maximum atomic E-state index is 12.4. The van der Waals surface area contributed by atoms with Crippen molar-refractivity contribution in [2.45, 2.75) is 36.6 Å². The van der Waals surface area contributed by atoms with Gasteiger partial charge in [0.1, 0.15) is 0 Å². The summed E-state index contributed by atoms with van der Waals surface area (Å²) in [6.07, 6.45) is 0. The normalized spacial score (nSPS) is 16.6. The highest BCUT2D eigenvalue weighted by Gasteiger charge is 2.31. The van der Waals surface area contributed by atoms with Crippen molar-refractivity contribution in [2.24, 2.45) is 0 Å². The average Bonchev–Trinajstić information content (AvgIpc) is 2.64. The minimum Gasteiger partial charge on any atom is -0.463 e. The van der Waals surface area contributed by atoms with E-state index in [9.17, 15) is 9.59 Å². The molecule has 0 fully saturated rings. The first-order valence-corrected chi connectivity index (χ1v) is 9.59. The first kappa shape index (κ1) is 19.0. The van der Waals surface area contributed by atoms with Gasteiger partial charge in [-0.15, -0.1) is 0 Å². The van der Waals surface area contributed by atoms with Crippen molar-refractivity contribution in [3.63, 3.8) is 0 Å². The monoisotopic (exact) mass is 382 g/mol. The summed E-state index contributed by atoms with van der Waals surface area (Å²) in [6.45, 7) is 5.81. The van der Waals surface area contributed by atoms with Crippen LogP contribution in [0.2, 0.25) is 0 Å². The van der Waals surface area contributed by atoms with Crippen molar-refractivity contribution in [3.05, 3.63) is 70.9 Å². The van der Waals surface area contributed by atoms with E-state index in [1.807, 2.05) is 24.3 Å². The molecule has 2 amide bonds. The molecular weight excluding hydrogens is 360 g/mol. The van der Waals surface area contributed by atoms with Crippen LogP contribution in [0.4, 0.5) is 4.79 Å². The molecule has 2 aromatic carbocycles. The highest BCUT2D eigenvalue weighted by molar-refractivity contribution is 7.99. The molecule has 0 saturated carbocycles. The number of hydrogen-bond donors (Lipinski definition) is 2. The Labute approximate surface area is 163 Å². The molecule has 0 bridgehead atoms. The number of ether oxygens (including phenoxy) is 1. The van der Waals surface area contributed by atoms with E-state index < -0.39 is 12.0 Å². The molecule has 2 aromatic rings. The number of carbonyl (C=O) groups excluding carboxylic acids is 2. The summed E-state index contributed by atoms with van der Waals surface area (Å²) in [5.41, 5.74) is 3.00. The number of rotatable bonds is 5. The van der Waals surface area contributed by atoms with Crippen molar-refractivity contribution in [3.8, 4) is 0 Å². The highest BCUT2D eigenvalue weighted by atomic mass is 32.2. The van der Waals surface area contributed by atoms with Crippen LogP contribution < -0.4 is 10.6 Å². The minimum absolute atomic E-state index is 0.280. The lowest BCUT2D eigenvalue weighted by atomic mass is 9.96. The van der Waals surface area contributed by atoms with Gasteiger partial charge in [0.25, 0.3) is 0 Å². The summed E-state index contributed by atoms with van der Waals surface area (Å²) in [4.78, 5) is 26.5. The fourth-order valence-electron chi connectivity index (χ4n) is 2.89. The van der Waals surface area contributed by atoms with Crippen LogP contribution >= 0.6 is 11.8 Å². The zero-order valence-corrected chi connectivity index (χ0v) is 16.4. The Morgan fingerprint density at radius 3 is 2.22 bits per heavy atom. The third-order valence-electron chi connectivity index (χ3n) is 4.23. The number of hydrogen-bond acceptors (Lipinski definition) is 4. The second-order valence-electron chi connectivity index (χ2n) is 6.27. The first-order valence-electron chi connectivity index (χ1n) is 8.78. The lowest BCUT2D eigenvalue weighted by molar-refractivity contribution is -0.139. The Morgan fingerprint density at radius 1 is 1.04 bits per heavy atom. The van der Waals surface area contributed by atoms with Crippen molar-refractivity contribution in [1.29, 1.82) is 0 Å². The van der Waals surface area contributed by atoms with Gasteiger partial charge in [-0.05, 0) is 50.6 Å². The SMILES string of the molecule is CCOC(=O)C1=C(C)NC(=O)NC1c1ccc(Sc2ccc(C)cc2)cc1. The molecular formula is C21H22N2O3S. The maximum Gasteiger partial charge on any atom is 0.338 e. The van der Waals surface area contributed by atoms with Gasteiger partial charge in [-0.3, -0.25) is 0 Å². The Morgan fingerprint density at radius 2 is 1.63 bits per heavy atom. The highest BCUT2D eigenvalue weighted by Crippen LogP contribution is 2.32. The van der Waals surface area contributed by atoms with Gasteiger partial charge in [-0.1, -0.05) is 41.6 Å². The molecule has 3 rings (SSSR count). The van der Waals surface area contributed by atoms with Gasteiger partial charge in [0.15, 0.2) is 0 Å². The van der Waals surface area contributed by atoms with Gasteiger partial charge in [0.05, 0.1) is 18.2 Å². The molecule has 1 unspecified atom stereocenters. The van der Waals surface area contributed by atoms with Crippen molar-refractivity contribution in [2.75, 3.05) is 6.61 Å². The number of urea groups is 1. The number of benzene rings is 2. The molecule has 0 spiro atoms. The van der Waals surface area contributed by atoms with Gasteiger partial charge in [0.2, 0.25) is 0 Å². The number of aryl methyl sites for hydroxylation is 1. The van der Waals surface area contributed by atoms with Crippen molar-refractivity contribution >= 4 is 23.8 Å². The molecule has 5 nitrogen and oxygen atoms in total. The van der Waals surface area contributed by atoms with Crippen LogP contribution in [0.15, 0.2) is 69.6 Å². The molecule has 6 heteroatoms. The number of nitrogens with one attached hydrogen (secondary N) is 2. The summed E-state index contributed by atoms with van der Waals surface area (Å²) in [6, 6.07) is 15.3. The van der Waals surface area contributed by atoms with Gasteiger partial charge in [0, 0.05) is 15.5 Å². The van der Waals surface area contributed by atoms with Crippen LogP contribution in [0.5, 0.6) is 0 Å². The van der Waals surface area contributed by atoms with Gasteiger partial charge >= 0.3 is 12.0 Å². The van der Waals surface area contributed by atoms with E-state index in [-0.39, 0.29) is 12.6 Å². The third kappa shape index (κ3) is 4.52. The van der Waals surface area contributed by atoms with Crippen LogP contribution in [-0.4, -0.2) is 18.6 Å². The molecule has 0 saturated heterocycles. The quantitative estimate of drug-likeness (QED) is 0.755. The molecule has 1 heterocycles. The molecule has 0 radical (unpaired) electrons. The molecule has 0 aromatic heterocycles. The Hall–Kier alpha value is -2.73. The van der Waals surface area contributed by atoms with Crippen LogP contribution in [0.3, 0.4) is 0 Å². The second kappa shape index (κ2) is 8.31. The number of carbonyl (C=O) groups is 2. The molecule has 1 atom stereocenters. The van der Waals surface area contributed by atoms with E-state index in [0.29, 0.717) is 11.3 Å². The molecule has 2 N–H and O–H groups in total. The van der Waals surface area contributed by atoms with E-state index in [2.05, 4.69) is 41.8 Å². The molecule has 140 valence electrons. The lowest BCUT2D eigenvalue weighted by Gasteiger charge is -2.28. The smallest absolute Gasteiger partial charge is 0.338 e. The summed E-state index contributed by atoms with van der Waals surface area (Å²) < 4.78 is 5.16. The Balaban J connectivity index is 1.83. The van der Waals surface area contributed by atoms with E-state index in [1.165, 1.54) is 5.56 Å². The fourth-order valence-corrected chi connectivity index (χ4v) is 3.71. The largest absolute Gasteiger partial charge is 0.463 e. The second-order valence-corrected chi connectivity index (χ2v) is 7.42. The predicted octanol–water partition coefficient (Wildman–Crippen LogP) is 4.34. The third-order valence-corrected chi connectivity index (χ3v) is 5.25. The minimum atomic E-state index is -0.531. The summed E-state index contributed by atoms with van der Waals surface area (Å²) in [7, 11) is 0. The number of allylic oxidation sites excluding steroid dienone is 1. The molecule has 1 aliphatic heterocycles. The Kier molecular flexibility index (Phi) is 5.86.